The standard InChI is InChI=1S/C21H22F4N2O3.ClH/c1-29-17-10-14(9-15(11-17)21(23,24)25)20(28)27-6-5-26-12-16(27)7-13-3-4-18(22)19(8-13)30-2;/h3-4,8-11,16,26H,5-7,12H2,1-2H3;1H/t16-;/m1./s1. The molecule has 170 valence electrons. The molecule has 0 saturated carbocycles. The van der Waals surface area contributed by atoms with Crippen molar-refractivity contribution in [3.63, 3.8) is 0 Å². The third-order valence-corrected chi connectivity index (χ3v) is 5.01. The third-order valence-electron chi connectivity index (χ3n) is 5.01. The summed E-state index contributed by atoms with van der Waals surface area (Å²) in [4.78, 5) is 14.7. The van der Waals surface area contributed by atoms with Gasteiger partial charge in [-0.3, -0.25) is 4.79 Å². The molecule has 1 heterocycles. The van der Waals surface area contributed by atoms with Crippen molar-refractivity contribution in [1.82, 2.24) is 10.2 Å². The number of piperazine rings is 1. The van der Waals surface area contributed by atoms with Gasteiger partial charge in [0.05, 0.1) is 19.8 Å². The maximum Gasteiger partial charge on any atom is 0.416 e. The van der Waals surface area contributed by atoms with Crippen LogP contribution in [0.25, 0.3) is 0 Å². The molecule has 0 aromatic heterocycles. The topological polar surface area (TPSA) is 50.8 Å². The van der Waals surface area contributed by atoms with Crippen LogP contribution < -0.4 is 14.8 Å². The summed E-state index contributed by atoms with van der Waals surface area (Å²) in [5, 5.41) is 3.19. The molecule has 0 unspecified atom stereocenters. The summed E-state index contributed by atoms with van der Waals surface area (Å²) < 4.78 is 63.3. The Morgan fingerprint density at radius 1 is 1.16 bits per heavy atom. The van der Waals surface area contributed by atoms with Gasteiger partial charge in [-0.2, -0.15) is 13.2 Å². The van der Waals surface area contributed by atoms with E-state index in [1.807, 2.05) is 0 Å². The number of ether oxygens (including phenoxy) is 2. The number of hydrogen-bond acceptors (Lipinski definition) is 4. The Kier molecular flexibility index (Phi) is 8.14. The van der Waals surface area contributed by atoms with Crippen LogP contribution in [0.2, 0.25) is 0 Å². The van der Waals surface area contributed by atoms with Gasteiger partial charge in [0.1, 0.15) is 5.75 Å². The van der Waals surface area contributed by atoms with Crippen molar-refractivity contribution in [3.8, 4) is 11.5 Å². The van der Waals surface area contributed by atoms with E-state index >= 15 is 0 Å². The zero-order valence-electron chi connectivity index (χ0n) is 17.0. The molecule has 5 nitrogen and oxygen atoms in total. The third kappa shape index (κ3) is 5.80. The van der Waals surface area contributed by atoms with Crippen LogP contribution in [0, 0.1) is 5.82 Å². The van der Waals surface area contributed by atoms with Crippen LogP contribution in [0.4, 0.5) is 17.6 Å². The number of nitrogens with one attached hydrogen (secondary N) is 1. The lowest BCUT2D eigenvalue weighted by Crippen LogP contribution is -2.54. The fraction of sp³-hybridized carbons (Fsp3) is 0.381. The van der Waals surface area contributed by atoms with Gasteiger partial charge >= 0.3 is 6.18 Å². The Balaban J connectivity index is 0.00000341. The average Bonchev–Trinajstić information content (AvgIpc) is 2.74. The number of hydrogen-bond donors (Lipinski definition) is 1. The van der Waals surface area contributed by atoms with Crippen LogP contribution >= 0.6 is 12.4 Å². The van der Waals surface area contributed by atoms with Crippen LogP contribution in [0.1, 0.15) is 21.5 Å². The number of rotatable bonds is 5. The number of alkyl halides is 3. The molecule has 0 aliphatic carbocycles. The quantitative estimate of drug-likeness (QED) is 0.684. The molecule has 0 spiro atoms. The number of methoxy groups -OCH3 is 2. The van der Waals surface area contributed by atoms with E-state index < -0.39 is 23.5 Å². The van der Waals surface area contributed by atoms with Gasteiger partial charge in [0, 0.05) is 31.2 Å². The van der Waals surface area contributed by atoms with E-state index in [0.29, 0.717) is 26.1 Å². The number of carbonyl (C=O) groups is 1. The molecule has 1 atom stereocenters. The second-order valence-corrected chi connectivity index (χ2v) is 6.98. The van der Waals surface area contributed by atoms with Crippen molar-refractivity contribution < 1.29 is 31.8 Å². The average molecular weight is 463 g/mol. The smallest absolute Gasteiger partial charge is 0.416 e. The Hall–Kier alpha value is -2.52. The van der Waals surface area contributed by atoms with E-state index in [9.17, 15) is 22.4 Å². The first kappa shape index (κ1) is 24.7. The molecule has 1 saturated heterocycles. The van der Waals surface area contributed by atoms with E-state index in [4.69, 9.17) is 9.47 Å². The first-order valence-electron chi connectivity index (χ1n) is 9.33. The summed E-state index contributed by atoms with van der Waals surface area (Å²) in [6, 6.07) is 7.12. The number of carbonyl (C=O) groups excluding carboxylic acids is 1. The van der Waals surface area contributed by atoms with Crippen LogP contribution in [0.5, 0.6) is 11.5 Å². The normalized spacial score (nSPS) is 16.5. The summed E-state index contributed by atoms with van der Waals surface area (Å²) in [5.41, 5.74) is -0.285. The molecule has 1 N–H and O–H groups in total. The van der Waals surface area contributed by atoms with Gasteiger partial charge in [-0.15, -0.1) is 12.4 Å². The minimum absolute atomic E-state index is 0. The summed E-state index contributed by atoms with van der Waals surface area (Å²) in [6.45, 7) is 1.31. The van der Waals surface area contributed by atoms with Gasteiger partial charge in [0.25, 0.3) is 5.91 Å². The number of benzene rings is 2. The largest absolute Gasteiger partial charge is 0.497 e. The first-order valence-corrected chi connectivity index (χ1v) is 9.33. The van der Waals surface area contributed by atoms with Gasteiger partial charge < -0.3 is 19.7 Å². The van der Waals surface area contributed by atoms with E-state index in [1.165, 1.54) is 26.4 Å². The van der Waals surface area contributed by atoms with E-state index in [1.54, 1.807) is 17.0 Å². The Morgan fingerprint density at radius 2 is 1.90 bits per heavy atom. The highest BCUT2D eigenvalue weighted by molar-refractivity contribution is 5.95. The van der Waals surface area contributed by atoms with Crippen molar-refractivity contribution in [2.75, 3.05) is 33.9 Å². The molecule has 1 aliphatic rings. The molecule has 31 heavy (non-hydrogen) atoms. The van der Waals surface area contributed by atoms with Crippen LogP contribution in [-0.4, -0.2) is 50.7 Å². The molecule has 0 radical (unpaired) electrons. The van der Waals surface area contributed by atoms with Gasteiger partial charge in [0.15, 0.2) is 11.6 Å². The molecule has 1 fully saturated rings. The zero-order valence-corrected chi connectivity index (χ0v) is 17.8. The van der Waals surface area contributed by atoms with Gasteiger partial charge in [-0.25, -0.2) is 4.39 Å². The van der Waals surface area contributed by atoms with Crippen LogP contribution in [0.15, 0.2) is 36.4 Å². The molecule has 0 bridgehead atoms. The fourth-order valence-corrected chi connectivity index (χ4v) is 3.48. The maximum absolute atomic E-state index is 13.7. The lowest BCUT2D eigenvalue weighted by atomic mass is 10.0. The Morgan fingerprint density at radius 3 is 2.55 bits per heavy atom. The predicted octanol–water partition coefficient (Wildman–Crippen LogP) is 3.94. The minimum atomic E-state index is -4.60. The molecule has 2 aromatic carbocycles. The van der Waals surface area contributed by atoms with Crippen LogP contribution in [-0.2, 0) is 12.6 Å². The fourth-order valence-electron chi connectivity index (χ4n) is 3.48. The number of halogens is 5. The summed E-state index contributed by atoms with van der Waals surface area (Å²) in [7, 11) is 2.61. The molecule has 1 aliphatic heterocycles. The summed E-state index contributed by atoms with van der Waals surface area (Å²) in [5.74, 6) is -0.952. The second kappa shape index (κ2) is 10.2. The van der Waals surface area contributed by atoms with Crippen molar-refractivity contribution in [1.29, 1.82) is 0 Å². The SMILES string of the molecule is COc1cc(C(=O)N2CCNC[C@H]2Cc2ccc(F)c(OC)c2)cc(C(F)(F)F)c1.Cl. The minimum Gasteiger partial charge on any atom is -0.497 e. The lowest BCUT2D eigenvalue weighted by Gasteiger charge is -2.36. The van der Waals surface area contributed by atoms with Crippen molar-refractivity contribution in [2.45, 2.75) is 18.6 Å². The van der Waals surface area contributed by atoms with Crippen molar-refractivity contribution in [3.05, 3.63) is 58.9 Å². The highest BCUT2D eigenvalue weighted by Crippen LogP contribution is 2.33. The molecule has 2 aromatic rings. The number of amides is 1. The summed E-state index contributed by atoms with van der Waals surface area (Å²) in [6.07, 6.45) is -4.21. The van der Waals surface area contributed by atoms with Crippen molar-refractivity contribution in [2.24, 2.45) is 0 Å². The first-order chi connectivity index (χ1) is 14.2. The maximum atomic E-state index is 13.7. The Bertz CT molecular complexity index is 924. The van der Waals surface area contributed by atoms with Crippen molar-refractivity contribution >= 4 is 18.3 Å². The van der Waals surface area contributed by atoms with E-state index in [0.717, 1.165) is 17.7 Å². The molecule has 10 heteroatoms. The Labute approximate surface area is 183 Å². The summed E-state index contributed by atoms with van der Waals surface area (Å²) >= 11 is 0. The highest BCUT2D eigenvalue weighted by atomic mass is 35.5. The molecular formula is C21H23ClF4N2O3. The van der Waals surface area contributed by atoms with Gasteiger partial charge in [0.2, 0.25) is 0 Å². The van der Waals surface area contributed by atoms with E-state index in [2.05, 4.69) is 5.32 Å². The lowest BCUT2D eigenvalue weighted by molar-refractivity contribution is -0.137. The zero-order chi connectivity index (χ0) is 21.9. The number of nitrogens with zero attached hydrogens (tertiary/aromatic N) is 1. The molecule has 1 amide bonds. The highest BCUT2D eigenvalue weighted by Gasteiger charge is 2.34. The van der Waals surface area contributed by atoms with E-state index in [-0.39, 0.29) is 35.5 Å². The van der Waals surface area contributed by atoms with Crippen LogP contribution in [0.3, 0.4) is 0 Å². The molecule has 3 rings (SSSR count). The monoisotopic (exact) mass is 462 g/mol. The predicted molar refractivity (Wildman–Crippen MR) is 110 cm³/mol. The second-order valence-electron chi connectivity index (χ2n) is 6.98. The molecular weight excluding hydrogens is 440 g/mol. The van der Waals surface area contributed by atoms with Gasteiger partial charge in [-0.05, 0) is 42.3 Å². The van der Waals surface area contributed by atoms with Gasteiger partial charge in [-0.1, -0.05) is 6.07 Å².